The van der Waals surface area contributed by atoms with Crippen molar-refractivity contribution in [1.29, 1.82) is 0 Å². The predicted molar refractivity (Wildman–Crippen MR) is 127 cm³/mol. The van der Waals surface area contributed by atoms with Gasteiger partial charge < -0.3 is 4.90 Å². The molecule has 2 heteroatoms. The highest BCUT2D eigenvalue weighted by atomic mass is 79.9. The summed E-state index contributed by atoms with van der Waals surface area (Å²) < 4.78 is 0. The first kappa shape index (κ1) is 19.9. The second-order valence-corrected chi connectivity index (χ2v) is 12.0. The van der Waals surface area contributed by atoms with Crippen LogP contribution < -0.4 is 0 Å². The molecule has 0 aromatic heterocycles. The van der Waals surface area contributed by atoms with Gasteiger partial charge in [0.05, 0.1) is 0 Å². The number of alkyl halides is 1. The fraction of sp³-hybridized carbons (Fsp3) is 0.630. The average Bonchev–Trinajstić information content (AvgIpc) is 3.32. The maximum Gasteiger partial charge on any atom is 0.0363 e. The predicted octanol–water partition coefficient (Wildman–Crippen LogP) is 6.93. The third-order valence-corrected chi connectivity index (χ3v) is 10.7. The number of fused-ring (bicyclic) bond motifs is 3. The number of benzene rings is 1. The molecule has 0 radical (unpaired) electrons. The first-order chi connectivity index (χ1) is 13.7. The molecule has 7 atom stereocenters. The quantitative estimate of drug-likeness (QED) is 0.438. The highest BCUT2D eigenvalue weighted by molar-refractivity contribution is 9.09. The van der Waals surface area contributed by atoms with Gasteiger partial charge in [0.2, 0.25) is 0 Å². The zero-order valence-corrected chi connectivity index (χ0v) is 20.5. The van der Waals surface area contributed by atoms with Gasteiger partial charge in [-0.1, -0.05) is 72.6 Å². The van der Waals surface area contributed by atoms with Crippen LogP contribution in [0.1, 0.15) is 58.6 Å². The molecule has 29 heavy (non-hydrogen) atoms. The van der Waals surface area contributed by atoms with E-state index in [1.165, 1.54) is 29.7 Å². The molecule has 0 saturated heterocycles. The summed E-state index contributed by atoms with van der Waals surface area (Å²) >= 11 is 4.25. The van der Waals surface area contributed by atoms with E-state index in [4.69, 9.17) is 0 Å². The van der Waals surface area contributed by atoms with Crippen molar-refractivity contribution in [1.82, 2.24) is 4.90 Å². The molecule has 0 N–H and O–H groups in total. The number of hydrogen-bond donors (Lipinski definition) is 0. The summed E-state index contributed by atoms with van der Waals surface area (Å²) in [4.78, 5) is 3.23. The molecular formula is C27H36BrN. The van der Waals surface area contributed by atoms with Crippen LogP contribution in [0.25, 0.3) is 6.08 Å². The van der Waals surface area contributed by atoms with E-state index in [0.29, 0.717) is 16.8 Å². The summed E-state index contributed by atoms with van der Waals surface area (Å²) in [6, 6.07) is 9.67. The Bertz CT molecular complexity index is 894. The molecule has 7 unspecified atom stereocenters. The lowest BCUT2D eigenvalue weighted by Crippen LogP contribution is -2.48. The first-order valence-corrected chi connectivity index (χ1v) is 12.5. The van der Waals surface area contributed by atoms with Crippen molar-refractivity contribution in [2.45, 2.75) is 64.8 Å². The van der Waals surface area contributed by atoms with Crippen molar-refractivity contribution < 1.29 is 0 Å². The van der Waals surface area contributed by atoms with Crippen LogP contribution in [0.2, 0.25) is 0 Å². The molecule has 156 valence electrons. The second kappa shape index (κ2) is 6.74. The lowest BCUT2D eigenvalue weighted by atomic mass is 9.61. The van der Waals surface area contributed by atoms with Gasteiger partial charge in [-0.15, -0.1) is 0 Å². The standard InChI is InChI=1S/C27H36BrN/c1-15-11-22-21(14-23-24(26(22)28)16(2)17(3)29(23)6)25(15)27(4,5)20-12-18-9-7-8-10-19(18)13-20/h7-10,12,15,21-26H,11,13-14H2,1-6H3. The SMILES string of the molecule is CC1=C(C)N(C)C2CC3C(CC(C)C3C(C)(C)C3=Cc4ccccc4C3)C(Br)C12. The Morgan fingerprint density at radius 2 is 1.79 bits per heavy atom. The number of nitrogens with zero attached hydrogens (tertiary/aromatic N) is 1. The molecule has 0 spiro atoms. The minimum atomic E-state index is 0.256. The van der Waals surface area contributed by atoms with Gasteiger partial charge in [-0.05, 0) is 78.9 Å². The van der Waals surface area contributed by atoms with Gasteiger partial charge in [0.25, 0.3) is 0 Å². The molecular weight excluding hydrogens is 418 g/mol. The Labute approximate surface area is 185 Å². The van der Waals surface area contributed by atoms with Crippen LogP contribution in [0.15, 0.2) is 41.1 Å². The van der Waals surface area contributed by atoms with E-state index in [1.54, 1.807) is 11.1 Å². The second-order valence-electron chi connectivity index (χ2n) is 11.0. The average molecular weight is 454 g/mol. The van der Waals surface area contributed by atoms with Gasteiger partial charge in [0, 0.05) is 29.5 Å². The van der Waals surface area contributed by atoms with Crippen molar-refractivity contribution in [3.8, 4) is 0 Å². The molecule has 1 heterocycles. The Kier molecular flexibility index (Phi) is 4.63. The highest BCUT2D eigenvalue weighted by Gasteiger charge is 2.58. The van der Waals surface area contributed by atoms with Crippen molar-refractivity contribution in [3.05, 3.63) is 52.2 Å². The van der Waals surface area contributed by atoms with Crippen LogP contribution in [0.5, 0.6) is 0 Å². The summed E-state index contributed by atoms with van der Waals surface area (Å²) in [7, 11) is 2.33. The van der Waals surface area contributed by atoms with Crippen LogP contribution in [0.4, 0.5) is 0 Å². The Balaban J connectivity index is 1.47. The number of hydrogen-bond acceptors (Lipinski definition) is 1. The summed E-state index contributed by atoms with van der Waals surface area (Å²) in [5.41, 5.74) is 8.03. The maximum absolute atomic E-state index is 4.25. The lowest BCUT2D eigenvalue weighted by Gasteiger charge is -2.47. The van der Waals surface area contributed by atoms with Gasteiger partial charge in [-0.25, -0.2) is 0 Å². The first-order valence-electron chi connectivity index (χ1n) is 11.5. The normalized spacial score (nSPS) is 38.8. The van der Waals surface area contributed by atoms with Crippen molar-refractivity contribution >= 4 is 22.0 Å². The van der Waals surface area contributed by atoms with Gasteiger partial charge in [-0.3, -0.25) is 0 Å². The van der Waals surface area contributed by atoms with Gasteiger partial charge in [0.1, 0.15) is 0 Å². The topological polar surface area (TPSA) is 3.24 Å². The fourth-order valence-electron chi connectivity index (χ4n) is 7.88. The Morgan fingerprint density at radius 1 is 1.07 bits per heavy atom. The molecule has 3 aliphatic carbocycles. The summed E-state index contributed by atoms with van der Waals surface area (Å²) in [5, 5.41) is 0. The smallest absolute Gasteiger partial charge is 0.0363 e. The molecule has 5 rings (SSSR count). The van der Waals surface area contributed by atoms with Gasteiger partial charge in [-0.2, -0.15) is 0 Å². The van der Waals surface area contributed by atoms with Crippen LogP contribution in [-0.2, 0) is 6.42 Å². The largest absolute Gasteiger partial charge is 0.375 e. The lowest BCUT2D eigenvalue weighted by molar-refractivity contribution is 0.0781. The molecule has 1 aromatic rings. The van der Waals surface area contributed by atoms with Crippen molar-refractivity contribution in [2.24, 2.45) is 35.0 Å². The molecule has 4 aliphatic rings. The van der Waals surface area contributed by atoms with E-state index in [0.717, 1.165) is 30.1 Å². The summed E-state index contributed by atoms with van der Waals surface area (Å²) in [6.45, 7) is 12.4. The monoisotopic (exact) mass is 453 g/mol. The molecule has 0 bridgehead atoms. The van der Waals surface area contributed by atoms with Crippen LogP contribution in [-0.4, -0.2) is 22.8 Å². The molecule has 1 aromatic carbocycles. The van der Waals surface area contributed by atoms with E-state index in [9.17, 15) is 0 Å². The van der Waals surface area contributed by atoms with E-state index in [1.807, 2.05) is 0 Å². The van der Waals surface area contributed by atoms with E-state index in [-0.39, 0.29) is 5.41 Å². The minimum absolute atomic E-state index is 0.256. The summed E-state index contributed by atoms with van der Waals surface area (Å²) in [5.74, 6) is 3.89. The number of halogens is 1. The number of rotatable bonds is 2. The van der Waals surface area contributed by atoms with Crippen LogP contribution in [0, 0.1) is 35.0 Å². The zero-order chi connectivity index (χ0) is 20.7. The third kappa shape index (κ3) is 2.77. The van der Waals surface area contributed by atoms with Crippen molar-refractivity contribution in [2.75, 3.05) is 7.05 Å². The maximum atomic E-state index is 4.25. The Hall–Kier alpha value is -1.02. The van der Waals surface area contributed by atoms with Crippen LogP contribution >= 0.6 is 15.9 Å². The Morgan fingerprint density at radius 3 is 2.52 bits per heavy atom. The van der Waals surface area contributed by atoms with E-state index >= 15 is 0 Å². The van der Waals surface area contributed by atoms with Gasteiger partial charge in [0.15, 0.2) is 0 Å². The van der Waals surface area contributed by atoms with E-state index < -0.39 is 0 Å². The van der Waals surface area contributed by atoms with E-state index in [2.05, 4.69) is 92.8 Å². The zero-order valence-electron chi connectivity index (χ0n) is 18.9. The van der Waals surface area contributed by atoms with Crippen molar-refractivity contribution in [3.63, 3.8) is 0 Å². The summed E-state index contributed by atoms with van der Waals surface area (Å²) in [6.07, 6.45) is 6.41. The molecule has 0 amide bonds. The molecule has 1 aliphatic heterocycles. The molecule has 1 nitrogen and oxygen atoms in total. The van der Waals surface area contributed by atoms with Crippen LogP contribution in [0.3, 0.4) is 0 Å². The fourth-order valence-corrected chi connectivity index (χ4v) is 9.24. The van der Waals surface area contributed by atoms with Gasteiger partial charge >= 0.3 is 0 Å². The minimum Gasteiger partial charge on any atom is -0.375 e. The molecule has 2 saturated carbocycles. The molecule has 2 fully saturated rings. The highest BCUT2D eigenvalue weighted by Crippen LogP contribution is 2.62. The number of allylic oxidation sites excluding steroid dienone is 2. The third-order valence-electron chi connectivity index (χ3n) is 9.47.